The van der Waals surface area contributed by atoms with Crippen LogP contribution in [0, 0.1) is 44.8 Å². The molecule has 5 aliphatic carbocycles. The van der Waals surface area contributed by atoms with Crippen molar-refractivity contribution in [2.45, 2.75) is 217 Å². The molecule has 8 fully saturated rings. The van der Waals surface area contributed by atoms with E-state index in [1.54, 1.807) is 13.8 Å². The van der Waals surface area contributed by atoms with Crippen LogP contribution in [0.15, 0.2) is 0 Å². The Labute approximate surface area is 348 Å². The molecule has 15 nitrogen and oxygen atoms in total. The summed E-state index contributed by atoms with van der Waals surface area (Å²) in [4.78, 5) is 11.9. The Kier molecular flexibility index (Phi) is 10.9. The van der Waals surface area contributed by atoms with Gasteiger partial charge in [-0.2, -0.15) is 0 Å². The summed E-state index contributed by atoms with van der Waals surface area (Å²) in [5.41, 5.74) is -2.77. The summed E-state index contributed by atoms with van der Waals surface area (Å²) in [6.07, 6.45) is -9.24. The lowest BCUT2D eigenvalue weighted by atomic mass is 9.41. The van der Waals surface area contributed by atoms with E-state index in [9.17, 15) is 45.6 Å². The van der Waals surface area contributed by atoms with Crippen molar-refractivity contribution in [1.82, 2.24) is 0 Å². The van der Waals surface area contributed by atoms with E-state index in [1.165, 1.54) is 13.8 Å². The molecule has 0 aromatic carbocycles. The molecule has 3 saturated heterocycles. The first-order valence-electron chi connectivity index (χ1n) is 22.2. The summed E-state index contributed by atoms with van der Waals surface area (Å²) < 4.78 is 36.4. The molecule has 8 rings (SSSR count). The van der Waals surface area contributed by atoms with Crippen LogP contribution in [0.3, 0.4) is 0 Å². The molecule has 0 amide bonds. The van der Waals surface area contributed by atoms with Crippen LogP contribution >= 0.6 is 0 Å². The normalized spacial score (nSPS) is 56.7. The van der Waals surface area contributed by atoms with E-state index >= 15 is 0 Å². The van der Waals surface area contributed by atoms with Gasteiger partial charge in [0.25, 0.3) is 0 Å². The summed E-state index contributed by atoms with van der Waals surface area (Å²) in [5, 5.41) is 89.5. The molecule has 3 heterocycles. The average Bonchev–Trinajstić information content (AvgIpc) is 3.49. The molecule has 2 spiro atoms. The van der Waals surface area contributed by atoms with E-state index in [0.717, 1.165) is 38.5 Å². The van der Waals surface area contributed by atoms with Gasteiger partial charge in [0, 0.05) is 12.8 Å². The molecule has 0 bridgehead atoms. The van der Waals surface area contributed by atoms with Crippen LogP contribution in [0.5, 0.6) is 0 Å². The fraction of sp³-hybridized carbons (Fsp3) is 0.977. The largest absolute Gasteiger partial charge is 0.463 e. The van der Waals surface area contributed by atoms with Crippen molar-refractivity contribution in [3.05, 3.63) is 0 Å². The predicted molar refractivity (Wildman–Crippen MR) is 208 cm³/mol. The second-order valence-corrected chi connectivity index (χ2v) is 22.1. The number of ether oxygens (including phenoxy) is 6. The van der Waals surface area contributed by atoms with Crippen molar-refractivity contribution in [1.29, 1.82) is 0 Å². The fourth-order valence-electron chi connectivity index (χ4n) is 15.3. The highest BCUT2D eigenvalue weighted by Gasteiger charge is 2.85. The number of rotatable bonds is 8. The van der Waals surface area contributed by atoms with Crippen LogP contribution in [0.1, 0.15) is 120 Å². The zero-order valence-electron chi connectivity index (χ0n) is 36.3. The fourth-order valence-corrected chi connectivity index (χ4v) is 15.3. The number of carbonyl (C=O) groups excluding carboxylic acids is 1. The number of carbonyl (C=O) groups is 1. The number of aliphatic hydroxyl groups is 8. The van der Waals surface area contributed by atoms with Gasteiger partial charge in [-0.15, -0.1) is 0 Å². The second-order valence-electron chi connectivity index (χ2n) is 22.1. The molecule has 8 N–H and O–H groups in total. The van der Waals surface area contributed by atoms with Gasteiger partial charge >= 0.3 is 5.97 Å². The minimum atomic E-state index is -1.69. The Balaban J connectivity index is 1.00. The lowest BCUT2D eigenvalue weighted by molar-refractivity contribution is -0.366. The maximum Gasteiger partial charge on any atom is 0.302 e. The monoisotopic (exact) mass is 840 g/mol. The topological polar surface area (TPSA) is 234 Å². The Morgan fingerprint density at radius 3 is 2.05 bits per heavy atom. The third-order valence-electron chi connectivity index (χ3n) is 18.2. The van der Waals surface area contributed by atoms with Gasteiger partial charge in [0.1, 0.15) is 49.3 Å². The first-order chi connectivity index (χ1) is 27.3. The zero-order chi connectivity index (χ0) is 43.2. The number of hydrogen-bond donors (Lipinski definition) is 8. The molecule has 5 saturated carbocycles. The van der Waals surface area contributed by atoms with E-state index < -0.39 is 102 Å². The molecule has 338 valence electrons. The molecule has 3 aliphatic heterocycles. The molecule has 0 aromatic heterocycles. The lowest BCUT2D eigenvalue weighted by Gasteiger charge is -2.64. The van der Waals surface area contributed by atoms with Crippen LogP contribution < -0.4 is 0 Å². The molecule has 15 heteroatoms. The van der Waals surface area contributed by atoms with Crippen LogP contribution in [-0.2, 0) is 33.2 Å². The summed E-state index contributed by atoms with van der Waals surface area (Å²) in [7, 11) is 0. The van der Waals surface area contributed by atoms with E-state index in [4.69, 9.17) is 28.4 Å². The minimum absolute atomic E-state index is 0.00132. The SMILES string of the molecule is CC(=O)OCC1OC(OC2CCC34CC35CCC3(C)C(C6(C)CCC(C(C)(C)O)O6)C(O)CC3(C)C5CC(O)C4C2(C)C)C(O)C(O)C1OC1OC(C)C(O)C(O)C1O. The molecule has 0 radical (unpaired) electrons. The van der Waals surface area contributed by atoms with Gasteiger partial charge in [0.2, 0.25) is 0 Å². The first kappa shape index (κ1) is 44.6. The molecule has 0 aromatic rings. The van der Waals surface area contributed by atoms with Gasteiger partial charge in [0.05, 0.1) is 41.7 Å². The van der Waals surface area contributed by atoms with Crippen LogP contribution in [0.25, 0.3) is 0 Å². The minimum Gasteiger partial charge on any atom is -0.463 e. The van der Waals surface area contributed by atoms with E-state index in [1.807, 2.05) is 0 Å². The summed E-state index contributed by atoms with van der Waals surface area (Å²) in [5.74, 6) is -0.659. The summed E-state index contributed by atoms with van der Waals surface area (Å²) in [6, 6.07) is 0. The Bertz CT molecular complexity index is 1610. The summed E-state index contributed by atoms with van der Waals surface area (Å²) in [6.45, 7) is 17.0. The number of esters is 1. The first-order valence-corrected chi connectivity index (χ1v) is 22.2. The lowest BCUT2D eigenvalue weighted by Crippen LogP contribution is -2.65. The number of fused-ring (bicyclic) bond motifs is 2. The van der Waals surface area contributed by atoms with Crippen LogP contribution in [-0.4, -0.2) is 150 Å². The molecule has 59 heavy (non-hydrogen) atoms. The highest BCUT2D eigenvalue weighted by atomic mass is 16.7. The molecule has 22 unspecified atom stereocenters. The highest BCUT2D eigenvalue weighted by molar-refractivity contribution is 5.65. The Hall–Kier alpha value is -1.05. The van der Waals surface area contributed by atoms with Gasteiger partial charge in [-0.3, -0.25) is 4.79 Å². The maximum atomic E-state index is 12.4. The predicted octanol–water partition coefficient (Wildman–Crippen LogP) is 1.68. The number of hydrogen-bond acceptors (Lipinski definition) is 15. The van der Waals surface area contributed by atoms with Crippen molar-refractivity contribution in [3.8, 4) is 0 Å². The average molecular weight is 841 g/mol. The molecular formula is C44H72O15. The second kappa shape index (κ2) is 14.5. The highest BCUT2D eigenvalue weighted by Crippen LogP contribution is 2.89. The third-order valence-corrected chi connectivity index (χ3v) is 18.2. The molecule has 22 atom stereocenters. The quantitative estimate of drug-likeness (QED) is 0.128. The third kappa shape index (κ3) is 6.48. The van der Waals surface area contributed by atoms with Gasteiger partial charge in [-0.05, 0) is 124 Å². The van der Waals surface area contributed by atoms with Crippen molar-refractivity contribution < 1.29 is 74.1 Å². The summed E-state index contributed by atoms with van der Waals surface area (Å²) >= 11 is 0. The van der Waals surface area contributed by atoms with E-state index in [-0.39, 0.29) is 52.1 Å². The van der Waals surface area contributed by atoms with Gasteiger partial charge in [-0.25, -0.2) is 0 Å². The van der Waals surface area contributed by atoms with Gasteiger partial charge < -0.3 is 69.3 Å². The van der Waals surface area contributed by atoms with Crippen molar-refractivity contribution >= 4 is 5.97 Å². The van der Waals surface area contributed by atoms with E-state index in [2.05, 4.69) is 34.6 Å². The zero-order valence-corrected chi connectivity index (χ0v) is 36.3. The van der Waals surface area contributed by atoms with Gasteiger partial charge in [0.15, 0.2) is 12.6 Å². The van der Waals surface area contributed by atoms with E-state index in [0.29, 0.717) is 19.3 Å². The maximum absolute atomic E-state index is 12.4. The Morgan fingerprint density at radius 1 is 0.746 bits per heavy atom. The van der Waals surface area contributed by atoms with Crippen molar-refractivity contribution in [3.63, 3.8) is 0 Å². The van der Waals surface area contributed by atoms with Crippen molar-refractivity contribution in [2.24, 2.45) is 44.8 Å². The smallest absolute Gasteiger partial charge is 0.302 e. The standard InChI is InChI=1S/C44H72O15/c1-20-28(48)29(49)31(51)36(55-20)58-33-24(18-54-21(2)45)56-37(32(52)30(33)50)57-26-11-13-44-19-43(44)15-14-40(7)35(42(9)12-10-27(59-42)39(5,6)53)23(47)17-41(40,8)25(43)16-22(46)34(44)38(26,3)4/h20,22-37,46-53H,10-19H2,1-9H3. The molecular weight excluding hydrogens is 768 g/mol. The molecule has 8 aliphatic rings. The van der Waals surface area contributed by atoms with Crippen molar-refractivity contribution in [2.75, 3.05) is 6.61 Å². The number of aliphatic hydroxyl groups excluding tert-OH is 7. The Morgan fingerprint density at radius 2 is 1.41 bits per heavy atom. The van der Waals surface area contributed by atoms with Crippen LogP contribution in [0.4, 0.5) is 0 Å². The van der Waals surface area contributed by atoms with Gasteiger partial charge in [-0.1, -0.05) is 27.7 Å². The van der Waals surface area contributed by atoms with Crippen LogP contribution in [0.2, 0.25) is 0 Å².